The predicted octanol–water partition coefficient (Wildman–Crippen LogP) is 3.43. The zero-order chi connectivity index (χ0) is 12.5. The molecule has 1 heterocycles. The Hall–Kier alpha value is -2.42. The Labute approximate surface area is 104 Å². The SMILES string of the molecule is CC(=O)c1ccccc1-c1ccc2[nH]ncc2c1. The van der Waals surface area contributed by atoms with Gasteiger partial charge in [0.2, 0.25) is 0 Å². The smallest absolute Gasteiger partial charge is 0.160 e. The van der Waals surface area contributed by atoms with Crippen molar-refractivity contribution in [3.8, 4) is 11.1 Å². The van der Waals surface area contributed by atoms with Crippen molar-refractivity contribution >= 4 is 16.7 Å². The Kier molecular flexibility index (Phi) is 2.45. The lowest BCUT2D eigenvalue weighted by Crippen LogP contribution is -1.95. The molecule has 0 unspecified atom stereocenters. The van der Waals surface area contributed by atoms with Gasteiger partial charge in [0, 0.05) is 10.9 Å². The van der Waals surface area contributed by atoms with Crippen LogP contribution in [0.2, 0.25) is 0 Å². The molecule has 1 N–H and O–H groups in total. The van der Waals surface area contributed by atoms with E-state index in [4.69, 9.17) is 0 Å². The van der Waals surface area contributed by atoms with Gasteiger partial charge in [-0.2, -0.15) is 5.10 Å². The summed E-state index contributed by atoms with van der Waals surface area (Å²) in [5.74, 6) is 0.0814. The monoisotopic (exact) mass is 236 g/mol. The third-order valence-electron chi connectivity index (χ3n) is 3.06. The molecule has 1 aromatic heterocycles. The van der Waals surface area contributed by atoms with Gasteiger partial charge in [0.05, 0.1) is 11.7 Å². The Morgan fingerprint density at radius 2 is 2.00 bits per heavy atom. The number of hydrogen-bond acceptors (Lipinski definition) is 2. The molecule has 2 aromatic carbocycles. The topological polar surface area (TPSA) is 45.8 Å². The summed E-state index contributed by atoms with van der Waals surface area (Å²) in [4.78, 5) is 11.6. The van der Waals surface area contributed by atoms with Crippen LogP contribution in [0.4, 0.5) is 0 Å². The lowest BCUT2D eigenvalue weighted by molar-refractivity contribution is 0.101. The first kappa shape index (κ1) is 10.7. The highest BCUT2D eigenvalue weighted by Crippen LogP contribution is 2.26. The number of aromatic nitrogens is 2. The molecular weight excluding hydrogens is 224 g/mol. The lowest BCUT2D eigenvalue weighted by atomic mass is 9.97. The summed E-state index contributed by atoms with van der Waals surface area (Å²) in [6.07, 6.45) is 1.79. The van der Waals surface area contributed by atoms with Gasteiger partial charge in [-0.3, -0.25) is 9.89 Å². The van der Waals surface area contributed by atoms with Gasteiger partial charge in [-0.15, -0.1) is 0 Å². The fourth-order valence-corrected chi connectivity index (χ4v) is 2.15. The first-order valence-electron chi connectivity index (χ1n) is 5.79. The maximum Gasteiger partial charge on any atom is 0.160 e. The van der Waals surface area contributed by atoms with E-state index in [0.29, 0.717) is 0 Å². The summed E-state index contributed by atoms with van der Waals surface area (Å²) in [6, 6.07) is 13.7. The van der Waals surface area contributed by atoms with Crippen LogP contribution in [0, 0.1) is 0 Å². The third kappa shape index (κ3) is 1.70. The minimum absolute atomic E-state index is 0.0814. The Morgan fingerprint density at radius 1 is 1.17 bits per heavy atom. The average molecular weight is 236 g/mol. The summed E-state index contributed by atoms with van der Waals surface area (Å²) in [5, 5.41) is 7.97. The normalized spacial score (nSPS) is 10.7. The second-order valence-corrected chi connectivity index (χ2v) is 4.27. The highest BCUT2D eigenvalue weighted by Gasteiger charge is 2.08. The second-order valence-electron chi connectivity index (χ2n) is 4.27. The summed E-state index contributed by atoms with van der Waals surface area (Å²) >= 11 is 0. The van der Waals surface area contributed by atoms with E-state index in [2.05, 4.69) is 10.2 Å². The number of fused-ring (bicyclic) bond motifs is 1. The quantitative estimate of drug-likeness (QED) is 0.693. The molecule has 0 saturated heterocycles. The van der Waals surface area contributed by atoms with E-state index in [9.17, 15) is 4.79 Å². The van der Waals surface area contributed by atoms with Crippen molar-refractivity contribution in [2.24, 2.45) is 0 Å². The van der Waals surface area contributed by atoms with Crippen LogP contribution in [0.1, 0.15) is 17.3 Å². The molecule has 18 heavy (non-hydrogen) atoms. The van der Waals surface area contributed by atoms with E-state index in [0.717, 1.165) is 27.6 Å². The molecule has 3 aromatic rings. The van der Waals surface area contributed by atoms with Gasteiger partial charge >= 0.3 is 0 Å². The number of ketones is 1. The first-order valence-corrected chi connectivity index (χ1v) is 5.79. The van der Waals surface area contributed by atoms with Crippen LogP contribution in [0.5, 0.6) is 0 Å². The van der Waals surface area contributed by atoms with Crippen LogP contribution in [-0.4, -0.2) is 16.0 Å². The zero-order valence-electron chi connectivity index (χ0n) is 9.97. The molecule has 0 amide bonds. The predicted molar refractivity (Wildman–Crippen MR) is 71.5 cm³/mol. The van der Waals surface area contributed by atoms with Gasteiger partial charge in [0.15, 0.2) is 5.78 Å². The van der Waals surface area contributed by atoms with Gasteiger partial charge in [-0.05, 0) is 30.2 Å². The summed E-state index contributed by atoms with van der Waals surface area (Å²) in [5.41, 5.74) is 3.75. The number of hydrogen-bond donors (Lipinski definition) is 1. The van der Waals surface area contributed by atoms with Crippen LogP contribution >= 0.6 is 0 Å². The van der Waals surface area contributed by atoms with Gasteiger partial charge in [0.25, 0.3) is 0 Å². The minimum Gasteiger partial charge on any atom is -0.294 e. The van der Waals surface area contributed by atoms with Crippen molar-refractivity contribution in [1.29, 1.82) is 0 Å². The molecular formula is C15H12N2O. The molecule has 3 nitrogen and oxygen atoms in total. The Morgan fingerprint density at radius 3 is 2.83 bits per heavy atom. The maximum atomic E-state index is 11.6. The molecule has 0 fully saturated rings. The average Bonchev–Trinajstić information content (AvgIpc) is 2.85. The maximum absolute atomic E-state index is 11.6. The van der Waals surface area contributed by atoms with Crippen LogP contribution < -0.4 is 0 Å². The van der Waals surface area contributed by atoms with Gasteiger partial charge in [-0.25, -0.2) is 0 Å². The molecule has 0 saturated carbocycles. The molecule has 0 spiro atoms. The number of nitrogens with one attached hydrogen (secondary N) is 1. The van der Waals surface area contributed by atoms with E-state index in [-0.39, 0.29) is 5.78 Å². The zero-order valence-corrected chi connectivity index (χ0v) is 9.97. The molecule has 0 bridgehead atoms. The molecule has 3 heteroatoms. The van der Waals surface area contributed by atoms with Crippen molar-refractivity contribution in [2.75, 3.05) is 0 Å². The second kappa shape index (κ2) is 4.11. The number of aromatic amines is 1. The van der Waals surface area contributed by atoms with Gasteiger partial charge in [-0.1, -0.05) is 30.3 Å². The molecule has 0 radical (unpaired) electrons. The van der Waals surface area contributed by atoms with Crippen LogP contribution in [0.15, 0.2) is 48.7 Å². The van der Waals surface area contributed by atoms with Crippen LogP contribution in [0.3, 0.4) is 0 Å². The fourth-order valence-electron chi connectivity index (χ4n) is 2.15. The first-order chi connectivity index (χ1) is 8.75. The standard InChI is InChI=1S/C15H12N2O/c1-10(18)13-4-2-3-5-14(13)11-6-7-15-12(8-11)9-16-17-15/h2-9H,1H3,(H,16,17). The third-order valence-corrected chi connectivity index (χ3v) is 3.06. The van der Waals surface area contributed by atoms with Crippen molar-refractivity contribution in [1.82, 2.24) is 10.2 Å². The number of rotatable bonds is 2. The largest absolute Gasteiger partial charge is 0.294 e. The summed E-state index contributed by atoms with van der Waals surface area (Å²) in [6.45, 7) is 1.59. The van der Waals surface area contributed by atoms with E-state index >= 15 is 0 Å². The number of carbonyl (C=O) groups is 1. The fraction of sp³-hybridized carbons (Fsp3) is 0.0667. The highest BCUT2D eigenvalue weighted by molar-refractivity contribution is 6.01. The van der Waals surface area contributed by atoms with Crippen molar-refractivity contribution in [3.05, 3.63) is 54.2 Å². The number of carbonyl (C=O) groups excluding carboxylic acids is 1. The van der Waals surface area contributed by atoms with Crippen molar-refractivity contribution in [2.45, 2.75) is 6.92 Å². The van der Waals surface area contributed by atoms with E-state index < -0.39 is 0 Å². The molecule has 0 aliphatic rings. The number of benzene rings is 2. The number of nitrogens with zero attached hydrogens (tertiary/aromatic N) is 1. The summed E-state index contributed by atoms with van der Waals surface area (Å²) in [7, 11) is 0. The minimum atomic E-state index is 0.0814. The Bertz CT molecular complexity index is 728. The molecule has 0 atom stereocenters. The molecule has 0 aliphatic carbocycles. The van der Waals surface area contributed by atoms with Crippen molar-refractivity contribution in [3.63, 3.8) is 0 Å². The van der Waals surface area contributed by atoms with E-state index in [1.54, 1.807) is 13.1 Å². The summed E-state index contributed by atoms with van der Waals surface area (Å²) < 4.78 is 0. The highest BCUT2D eigenvalue weighted by atomic mass is 16.1. The lowest BCUT2D eigenvalue weighted by Gasteiger charge is -2.06. The Balaban J connectivity index is 2.22. The molecule has 88 valence electrons. The molecule has 0 aliphatic heterocycles. The van der Waals surface area contributed by atoms with Gasteiger partial charge in [0.1, 0.15) is 0 Å². The number of Topliss-reactive ketones (excluding diaryl/α,β-unsaturated/α-hetero) is 1. The number of H-pyrrole nitrogens is 1. The van der Waals surface area contributed by atoms with Crippen LogP contribution in [0.25, 0.3) is 22.0 Å². The van der Waals surface area contributed by atoms with E-state index in [1.807, 2.05) is 42.5 Å². The van der Waals surface area contributed by atoms with Gasteiger partial charge < -0.3 is 0 Å². The van der Waals surface area contributed by atoms with Crippen LogP contribution in [-0.2, 0) is 0 Å². The van der Waals surface area contributed by atoms with E-state index in [1.165, 1.54) is 0 Å². The molecule has 3 rings (SSSR count). The van der Waals surface area contributed by atoms with Crippen molar-refractivity contribution < 1.29 is 4.79 Å².